The van der Waals surface area contributed by atoms with Gasteiger partial charge in [-0.2, -0.15) is 0 Å². The molecule has 0 unspecified atom stereocenters. The Balaban J connectivity index is 0. The first-order valence-electron chi connectivity index (χ1n) is 30.1. The van der Waals surface area contributed by atoms with Gasteiger partial charge in [0, 0.05) is 44.4 Å². The van der Waals surface area contributed by atoms with Gasteiger partial charge in [-0.1, -0.05) is 207 Å². The molecule has 0 saturated heterocycles. The first-order chi connectivity index (χ1) is 34.1. The Morgan fingerprint density at radius 3 is 0.629 bits per heavy atom. The summed E-state index contributed by atoms with van der Waals surface area (Å²) in [6, 6.07) is 0. The Bertz CT molecular complexity index is 1150. The van der Waals surface area contributed by atoms with Gasteiger partial charge >= 0.3 is 0 Å². The van der Waals surface area contributed by atoms with Crippen molar-refractivity contribution in [3.05, 3.63) is 48.6 Å². The largest absolute Gasteiger partial charge is 0.303 e. The lowest BCUT2D eigenvalue weighted by molar-refractivity contribution is -0.120. The van der Waals surface area contributed by atoms with Crippen LogP contribution in [0.1, 0.15) is 328 Å². The minimum atomic E-state index is 0. The van der Waals surface area contributed by atoms with Crippen LogP contribution in [0.4, 0.5) is 0 Å². The highest BCUT2D eigenvalue weighted by atomic mass is 127. The molecule has 0 saturated carbocycles. The average molecular weight is 1090 g/mol. The van der Waals surface area contributed by atoms with Crippen molar-refractivity contribution in [2.45, 2.75) is 328 Å². The number of hydrogen-bond acceptors (Lipinski definition) is 4. The maximum Gasteiger partial charge on any atom is 0.132 e. The van der Waals surface area contributed by atoms with Crippen molar-refractivity contribution in [1.29, 1.82) is 0 Å². The molecule has 0 heterocycles. The Hall–Kier alpha value is -1.63. The number of aldehydes is 1. The highest BCUT2D eigenvalue weighted by molar-refractivity contribution is 14.1. The van der Waals surface area contributed by atoms with Crippen molar-refractivity contribution in [2.24, 2.45) is 5.92 Å². The van der Waals surface area contributed by atoms with Gasteiger partial charge in [0.2, 0.25) is 0 Å². The molecule has 70 heavy (non-hydrogen) atoms. The van der Waals surface area contributed by atoms with Crippen molar-refractivity contribution < 1.29 is 19.2 Å². The van der Waals surface area contributed by atoms with E-state index in [4.69, 9.17) is 0 Å². The van der Waals surface area contributed by atoms with Crippen molar-refractivity contribution >= 4 is 46.2 Å². The molecule has 4 aliphatic carbocycles. The minimum absolute atomic E-state index is 0. The highest BCUT2D eigenvalue weighted by Gasteiger charge is 2.08. The van der Waals surface area contributed by atoms with Gasteiger partial charge < -0.3 is 4.79 Å². The van der Waals surface area contributed by atoms with E-state index in [1.807, 2.05) is 4.93 Å². The van der Waals surface area contributed by atoms with Crippen LogP contribution in [0.25, 0.3) is 0 Å². The summed E-state index contributed by atoms with van der Waals surface area (Å²) in [5, 5.41) is 0. The second-order valence-electron chi connectivity index (χ2n) is 20.8. The van der Waals surface area contributed by atoms with Gasteiger partial charge in [-0.05, 0) is 159 Å². The van der Waals surface area contributed by atoms with Crippen molar-refractivity contribution in [1.82, 2.24) is 0 Å². The zero-order valence-corrected chi connectivity index (χ0v) is 47.8. The van der Waals surface area contributed by atoms with Gasteiger partial charge in [0.25, 0.3) is 0 Å². The van der Waals surface area contributed by atoms with Gasteiger partial charge in [-0.3, -0.25) is 14.4 Å². The van der Waals surface area contributed by atoms with E-state index >= 15 is 0 Å². The van der Waals surface area contributed by atoms with Gasteiger partial charge in [0.1, 0.15) is 23.6 Å². The smallest absolute Gasteiger partial charge is 0.132 e. The lowest BCUT2D eigenvalue weighted by atomic mass is 9.96. The van der Waals surface area contributed by atoms with E-state index in [-0.39, 0.29) is 7.43 Å². The summed E-state index contributed by atoms with van der Waals surface area (Å²) in [5.74, 6) is 1.83. The average Bonchev–Trinajstić information content (AvgIpc) is 3.38. The van der Waals surface area contributed by atoms with Crippen molar-refractivity contribution in [2.75, 3.05) is 4.93 Å². The van der Waals surface area contributed by atoms with Crippen LogP contribution in [0.2, 0.25) is 0 Å². The molecule has 0 aromatic rings. The molecule has 0 aromatic heterocycles. The number of ketones is 3. The molecule has 0 fully saturated rings. The number of carbonyl (C=O) groups excluding carboxylic acids is 4. The molecule has 0 spiro atoms. The Labute approximate surface area is 450 Å². The van der Waals surface area contributed by atoms with Gasteiger partial charge in [0.05, 0.1) is 0 Å². The number of allylic oxidation sites excluding steroid dienone is 8. The van der Waals surface area contributed by atoms with E-state index in [0.29, 0.717) is 23.3 Å². The third-order valence-corrected chi connectivity index (χ3v) is 14.2. The zero-order valence-electron chi connectivity index (χ0n) is 45.6. The molecule has 4 rings (SSSR count). The summed E-state index contributed by atoms with van der Waals surface area (Å²) in [7, 11) is 0. The second kappa shape index (κ2) is 61.7. The monoisotopic (exact) mass is 1090 g/mol. The molecule has 0 aromatic carbocycles. The molecule has 4 nitrogen and oxygen atoms in total. The summed E-state index contributed by atoms with van der Waals surface area (Å²) in [5.41, 5.74) is 0. The fourth-order valence-electron chi connectivity index (χ4n) is 9.62. The van der Waals surface area contributed by atoms with Crippen LogP contribution in [0.3, 0.4) is 0 Å². The van der Waals surface area contributed by atoms with E-state index in [9.17, 15) is 19.2 Å². The zero-order chi connectivity index (χ0) is 50.0. The van der Waals surface area contributed by atoms with Crippen LogP contribution in [0, 0.1) is 5.92 Å². The molecule has 0 aliphatic heterocycles. The standard InChI is InChI=1S/3C16H28O.C15H26O.CH3I.CH4/c17-15-16-13-11-9-7-5-3-1-2-4-6-8-10-12-14-16;2*17-16-14-12-10-8-6-4-2-1-3-5-7-9-11-13-15-16;16-15-13-11-9-7-5-3-1-2-4-6-8-10-12-14-15;1-2;/h1-2,15-16H,3-14H2;2*1-2H,3-15H2;1-2H,3-14H2;1H3;1H4. The molecule has 0 bridgehead atoms. The molecule has 0 atom stereocenters. The maximum atomic E-state index is 11.6. The second-order valence-corrected chi connectivity index (χ2v) is 20.8. The molecule has 0 radical (unpaired) electrons. The third-order valence-electron chi connectivity index (χ3n) is 14.2. The predicted molar refractivity (Wildman–Crippen MR) is 319 cm³/mol. The normalized spacial score (nSPS) is 21.6. The molecule has 408 valence electrons. The topological polar surface area (TPSA) is 68.3 Å². The number of alkyl halides is 1. The lowest BCUT2D eigenvalue weighted by Gasteiger charge is -2.09. The number of rotatable bonds is 1. The Morgan fingerprint density at radius 1 is 0.286 bits per heavy atom. The van der Waals surface area contributed by atoms with Crippen LogP contribution in [-0.2, 0) is 19.2 Å². The van der Waals surface area contributed by atoms with Crippen molar-refractivity contribution in [3.63, 3.8) is 0 Å². The first kappa shape index (κ1) is 70.4. The van der Waals surface area contributed by atoms with Crippen LogP contribution in [-0.4, -0.2) is 28.6 Å². The Kier molecular flexibility index (Phi) is 62.1. The summed E-state index contributed by atoms with van der Waals surface area (Å²) < 4.78 is 0. The Morgan fingerprint density at radius 2 is 0.443 bits per heavy atom. The summed E-state index contributed by atoms with van der Waals surface area (Å²) in [6.45, 7) is 0. The SMILES string of the molecule is C.CI.O=C1CCCCCCC=CCCCCCC1.O=C1CCCCCCC=CCCCCCCC1.O=C1CCCCCCC=CCCCCCCC1.O=CC1CCCCCCC=CCCCCCC1. The van der Waals surface area contributed by atoms with Gasteiger partial charge in [-0.25, -0.2) is 0 Å². The molecular formula is C65H117IO4. The number of hydrogen-bond donors (Lipinski definition) is 0. The van der Waals surface area contributed by atoms with E-state index in [1.54, 1.807) is 0 Å². The molecule has 0 N–H and O–H groups in total. The number of carbonyl (C=O) groups is 4. The van der Waals surface area contributed by atoms with Crippen LogP contribution in [0.5, 0.6) is 0 Å². The van der Waals surface area contributed by atoms with E-state index < -0.39 is 0 Å². The van der Waals surface area contributed by atoms with Crippen LogP contribution < -0.4 is 0 Å². The number of halogens is 1. The summed E-state index contributed by atoms with van der Waals surface area (Å²) in [6.07, 6.45) is 79.9. The fraction of sp³-hybridized carbons (Fsp3) is 0.815. The third kappa shape index (κ3) is 57.3. The molecule has 4 aliphatic rings. The van der Waals surface area contributed by atoms with Crippen LogP contribution >= 0.6 is 22.6 Å². The highest BCUT2D eigenvalue weighted by Crippen LogP contribution is 2.19. The van der Waals surface area contributed by atoms with Gasteiger partial charge in [-0.15, -0.1) is 0 Å². The van der Waals surface area contributed by atoms with Crippen LogP contribution in [0.15, 0.2) is 48.6 Å². The van der Waals surface area contributed by atoms with Gasteiger partial charge in [0.15, 0.2) is 0 Å². The van der Waals surface area contributed by atoms with E-state index in [0.717, 1.165) is 89.9 Å². The summed E-state index contributed by atoms with van der Waals surface area (Å²) in [4.78, 5) is 47.6. The molecular weight excluding hydrogens is 972 g/mol. The molecule has 0 amide bonds. The maximum absolute atomic E-state index is 11.6. The fourth-order valence-corrected chi connectivity index (χ4v) is 9.62. The lowest BCUT2D eigenvalue weighted by Crippen LogP contribution is -2.02. The van der Waals surface area contributed by atoms with E-state index in [2.05, 4.69) is 71.2 Å². The summed E-state index contributed by atoms with van der Waals surface area (Å²) >= 11 is 2.15. The predicted octanol–water partition coefficient (Wildman–Crippen LogP) is 21.9. The quantitative estimate of drug-likeness (QED) is 0.114. The minimum Gasteiger partial charge on any atom is -0.303 e. The number of Topliss-reactive ketones (excluding diaryl/α,β-unsaturated/α-hetero) is 3. The van der Waals surface area contributed by atoms with Crippen molar-refractivity contribution in [3.8, 4) is 0 Å². The molecule has 5 heteroatoms. The first-order valence-corrected chi connectivity index (χ1v) is 32.3. The van der Waals surface area contributed by atoms with E-state index in [1.165, 1.54) is 237 Å².